The Morgan fingerprint density at radius 3 is 3.00 bits per heavy atom. The van der Waals surface area contributed by atoms with Crippen LogP contribution in [0.2, 0.25) is 0 Å². The van der Waals surface area contributed by atoms with Crippen LogP contribution in [0.25, 0.3) is 0 Å². The van der Waals surface area contributed by atoms with E-state index in [0.717, 1.165) is 14.6 Å². The number of hydrogen-bond acceptors (Lipinski definition) is 5. The van der Waals surface area contributed by atoms with Gasteiger partial charge in [-0.25, -0.2) is 0 Å². The summed E-state index contributed by atoms with van der Waals surface area (Å²) >= 11 is 4.86. The van der Waals surface area contributed by atoms with Crippen molar-refractivity contribution in [2.24, 2.45) is 0 Å². The van der Waals surface area contributed by atoms with Gasteiger partial charge >= 0.3 is 0 Å². The van der Waals surface area contributed by atoms with Crippen LogP contribution in [0, 0.1) is 0 Å². The van der Waals surface area contributed by atoms with Gasteiger partial charge in [-0.05, 0) is 15.9 Å². The Morgan fingerprint density at radius 1 is 1.57 bits per heavy atom. The topological polar surface area (TPSA) is 55.6 Å². The van der Waals surface area contributed by atoms with Crippen LogP contribution in [-0.2, 0) is 6.54 Å². The van der Waals surface area contributed by atoms with Gasteiger partial charge in [0.15, 0.2) is 0 Å². The lowest BCUT2D eigenvalue weighted by molar-refractivity contribution is 0.677. The largest absolute Gasteiger partial charge is 0.363 e. The second kappa shape index (κ2) is 4.05. The zero-order valence-electron chi connectivity index (χ0n) is 7.44. The van der Waals surface area contributed by atoms with Crippen molar-refractivity contribution in [2.75, 3.05) is 12.4 Å². The van der Waals surface area contributed by atoms with Crippen molar-refractivity contribution in [3.8, 4) is 0 Å². The summed E-state index contributed by atoms with van der Waals surface area (Å²) in [6.45, 7) is 0.658. The van der Waals surface area contributed by atoms with E-state index in [-0.39, 0.29) is 0 Å². The molecule has 1 N–H and O–H groups in total. The second-order valence-electron chi connectivity index (χ2n) is 2.61. The lowest BCUT2D eigenvalue weighted by atomic mass is 10.7. The molecular formula is C7H8BrN5S. The Hall–Kier alpha value is -0.950. The van der Waals surface area contributed by atoms with E-state index in [0.29, 0.717) is 6.54 Å². The Morgan fingerprint density at radius 2 is 2.43 bits per heavy atom. The fraction of sp³-hybridized carbons (Fsp3) is 0.286. The summed E-state index contributed by atoms with van der Waals surface area (Å²) in [5, 5.41) is 16.8. The summed E-state index contributed by atoms with van der Waals surface area (Å²) in [5.41, 5.74) is 0. The molecule has 2 rings (SSSR count). The molecule has 0 spiro atoms. The number of anilines is 1. The Kier molecular flexibility index (Phi) is 2.78. The van der Waals surface area contributed by atoms with E-state index in [1.54, 1.807) is 6.20 Å². The highest BCUT2D eigenvalue weighted by atomic mass is 79.9. The molecule has 0 aliphatic rings. The van der Waals surface area contributed by atoms with Gasteiger partial charge < -0.3 is 5.32 Å². The molecule has 0 aliphatic heterocycles. The molecule has 0 bridgehead atoms. The Labute approximate surface area is 93.3 Å². The monoisotopic (exact) mass is 273 g/mol. The van der Waals surface area contributed by atoms with E-state index < -0.39 is 0 Å². The molecule has 2 aromatic rings. The molecular weight excluding hydrogens is 266 g/mol. The lowest BCUT2D eigenvalue weighted by Crippen LogP contribution is -1.98. The normalized spacial score (nSPS) is 10.4. The first-order chi connectivity index (χ1) is 6.78. The number of rotatable bonds is 3. The predicted molar refractivity (Wildman–Crippen MR) is 58.5 cm³/mol. The molecule has 2 heterocycles. The molecule has 0 unspecified atom stereocenters. The first kappa shape index (κ1) is 9.60. The molecule has 14 heavy (non-hydrogen) atoms. The van der Waals surface area contributed by atoms with Crippen LogP contribution in [-0.4, -0.2) is 27.0 Å². The number of nitrogens with one attached hydrogen (secondary N) is 1. The second-order valence-corrected chi connectivity index (χ2v) is 4.58. The average Bonchev–Trinajstić information content (AvgIpc) is 2.76. The van der Waals surface area contributed by atoms with Crippen molar-refractivity contribution in [2.45, 2.75) is 6.54 Å². The minimum atomic E-state index is 0.658. The third-order valence-corrected chi connectivity index (χ3v) is 2.91. The fourth-order valence-corrected chi connectivity index (χ4v) is 2.00. The van der Waals surface area contributed by atoms with E-state index in [2.05, 4.69) is 36.5 Å². The molecule has 0 atom stereocenters. The van der Waals surface area contributed by atoms with Crippen LogP contribution in [0.15, 0.2) is 16.9 Å². The summed E-state index contributed by atoms with van der Waals surface area (Å²) in [4.78, 5) is 0. The molecule has 5 nitrogen and oxygen atoms in total. The molecule has 2 aromatic heterocycles. The van der Waals surface area contributed by atoms with E-state index in [1.165, 1.54) is 11.3 Å². The van der Waals surface area contributed by atoms with Crippen molar-refractivity contribution in [1.29, 1.82) is 0 Å². The van der Waals surface area contributed by atoms with Gasteiger partial charge in [0.2, 0.25) is 5.13 Å². The molecule has 0 aromatic carbocycles. The molecule has 0 fully saturated rings. The zero-order chi connectivity index (χ0) is 9.97. The summed E-state index contributed by atoms with van der Waals surface area (Å²) < 4.78 is 2.78. The SMILES string of the molecule is CNc1nnc(Cn2cc(Br)cn2)s1. The first-order valence-electron chi connectivity index (χ1n) is 3.96. The Bertz CT molecular complexity index is 423. The van der Waals surface area contributed by atoms with Crippen LogP contribution >= 0.6 is 27.3 Å². The number of halogens is 1. The number of nitrogens with zero attached hydrogens (tertiary/aromatic N) is 4. The van der Waals surface area contributed by atoms with E-state index in [1.807, 2.05) is 17.9 Å². The third kappa shape index (κ3) is 2.10. The van der Waals surface area contributed by atoms with Crippen molar-refractivity contribution in [1.82, 2.24) is 20.0 Å². The highest BCUT2D eigenvalue weighted by molar-refractivity contribution is 9.10. The summed E-state index contributed by atoms with van der Waals surface area (Å²) in [6.07, 6.45) is 3.65. The zero-order valence-corrected chi connectivity index (χ0v) is 9.84. The molecule has 0 saturated heterocycles. The smallest absolute Gasteiger partial charge is 0.205 e. The molecule has 7 heteroatoms. The van der Waals surface area contributed by atoms with E-state index >= 15 is 0 Å². The lowest BCUT2D eigenvalue weighted by Gasteiger charge is -1.94. The summed E-state index contributed by atoms with van der Waals surface area (Å²) in [7, 11) is 1.83. The summed E-state index contributed by atoms with van der Waals surface area (Å²) in [5.74, 6) is 0. The minimum absolute atomic E-state index is 0.658. The van der Waals surface area contributed by atoms with Crippen LogP contribution in [0.3, 0.4) is 0 Å². The maximum absolute atomic E-state index is 4.13. The molecule has 0 radical (unpaired) electrons. The minimum Gasteiger partial charge on any atom is -0.363 e. The first-order valence-corrected chi connectivity index (χ1v) is 5.57. The van der Waals surface area contributed by atoms with Crippen molar-refractivity contribution >= 4 is 32.4 Å². The fourth-order valence-electron chi connectivity index (χ4n) is 0.982. The Balaban J connectivity index is 2.10. The standard InChI is InChI=1S/C7H8BrN5S/c1-9-7-12-11-6(14-7)4-13-3-5(8)2-10-13/h2-3H,4H2,1H3,(H,9,12). The third-order valence-electron chi connectivity index (χ3n) is 1.58. The van der Waals surface area contributed by atoms with E-state index in [9.17, 15) is 0 Å². The van der Waals surface area contributed by atoms with Crippen molar-refractivity contribution in [3.05, 3.63) is 21.9 Å². The van der Waals surface area contributed by atoms with Gasteiger partial charge in [-0.2, -0.15) is 5.10 Å². The van der Waals surface area contributed by atoms with Crippen molar-refractivity contribution in [3.63, 3.8) is 0 Å². The van der Waals surface area contributed by atoms with Gasteiger partial charge in [-0.15, -0.1) is 10.2 Å². The predicted octanol–water partition coefficient (Wildman–Crippen LogP) is 1.59. The highest BCUT2D eigenvalue weighted by Gasteiger charge is 2.03. The van der Waals surface area contributed by atoms with Crippen LogP contribution in [0.4, 0.5) is 5.13 Å². The molecule has 74 valence electrons. The van der Waals surface area contributed by atoms with E-state index in [4.69, 9.17) is 0 Å². The number of aromatic nitrogens is 4. The van der Waals surface area contributed by atoms with Crippen LogP contribution < -0.4 is 5.32 Å². The quantitative estimate of drug-likeness (QED) is 0.923. The molecule has 0 amide bonds. The highest BCUT2D eigenvalue weighted by Crippen LogP contribution is 2.15. The van der Waals surface area contributed by atoms with Gasteiger partial charge in [-0.1, -0.05) is 11.3 Å². The average molecular weight is 274 g/mol. The van der Waals surface area contributed by atoms with Gasteiger partial charge in [0.05, 0.1) is 17.2 Å². The molecule has 0 saturated carbocycles. The van der Waals surface area contributed by atoms with Crippen LogP contribution in [0.1, 0.15) is 5.01 Å². The maximum atomic E-state index is 4.13. The van der Waals surface area contributed by atoms with Gasteiger partial charge in [0.1, 0.15) is 5.01 Å². The summed E-state index contributed by atoms with van der Waals surface area (Å²) in [6, 6.07) is 0. The molecule has 0 aliphatic carbocycles. The van der Waals surface area contributed by atoms with Gasteiger partial charge in [0.25, 0.3) is 0 Å². The van der Waals surface area contributed by atoms with Gasteiger partial charge in [-0.3, -0.25) is 4.68 Å². The number of hydrogen-bond donors (Lipinski definition) is 1. The maximum Gasteiger partial charge on any atom is 0.205 e. The van der Waals surface area contributed by atoms with Gasteiger partial charge in [0, 0.05) is 13.2 Å². The van der Waals surface area contributed by atoms with Crippen molar-refractivity contribution < 1.29 is 0 Å². The van der Waals surface area contributed by atoms with Crippen LogP contribution in [0.5, 0.6) is 0 Å².